The van der Waals surface area contributed by atoms with Gasteiger partial charge < -0.3 is 9.84 Å². The quantitative estimate of drug-likeness (QED) is 0.854. The molecule has 0 spiro atoms. The topological polar surface area (TPSA) is 65.6 Å². The third-order valence-electron chi connectivity index (χ3n) is 2.60. The van der Waals surface area contributed by atoms with Crippen LogP contribution in [0.2, 0.25) is 0 Å². The van der Waals surface area contributed by atoms with Crippen molar-refractivity contribution < 1.29 is 9.84 Å². The second-order valence-electron chi connectivity index (χ2n) is 3.81. The predicted octanol–water partition coefficient (Wildman–Crippen LogP) is 3.02. The lowest BCUT2D eigenvalue weighted by molar-refractivity contribution is 0.373. The average Bonchev–Trinajstić information content (AvgIpc) is 2.47. The van der Waals surface area contributed by atoms with Crippen LogP contribution in [0.3, 0.4) is 0 Å². The van der Waals surface area contributed by atoms with Gasteiger partial charge in [-0.3, -0.25) is 4.99 Å². The number of methoxy groups -OCH3 is 1. The van der Waals surface area contributed by atoms with Gasteiger partial charge in [0.2, 0.25) is 0 Å². The largest absolute Gasteiger partial charge is 0.504 e. The molecule has 0 heterocycles. The molecule has 0 saturated carbocycles. The van der Waals surface area contributed by atoms with Crippen molar-refractivity contribution in [1.82, 2.24) is 0 Å². The molecule has 0 atom stereocenters. The van der Waals surface area contributed by atoms with Gasteiger partial charge in [0, 0.05) is 11.8 Å². The zero-order valence-corrected chi connectivity index (χ0v) is 10.4. The highest BCUT2D eigenvalue weighted by Crippen LogP contribution is 2.28. The molecule has 0 aliphatic carbocycles. The van der Waals surface area contributed by atoms with Crippen molar-refractivity contribution in [2.45, 2.75) is 0 Å². The van der Waals surface area contributed by atoms with E-state index in [1.807, 2.05) is 6.07 Å². The molecule has 19 heavy (non-hydrogen) atoms. The Bertz CT molecular complexity index is 640. The van der Waals surface area contributed by atoms with E-state index < -0.39 is 0 Å². The number of hydrogen-bond acceptors (Lipinski definition) is 4. The van der Waals surface area contributed by atoms with Crippen LogP contribution in [0.4, 0.5) is 5.69 Å². The van der Waals surface area contributed by atoms with Crippen LogP contribution in [0.15, 0.2) is 47.5 Å². The van der Waals surface area contributed by atoms with E-state index >= 15 is 0 Å². The summed E-state index contributed by atoms with van der Waals surface area (Å²) in [6.45, 7) is 0. The number of phenolic OH excluding ortho intramolecular Hbond substituents is 1. The van der Waals surface area contributed by atoms with Gasteiger partial charge in [-0.25, -0.2) is 0 Å². The number of rotatable bonds is 3. The van der Waals surface area contributed by atoms with E-state index in [0.29, 0.717) is 22.6 Å². The number of benzene rings is 2. The van der Waals surface area contributed by atoms with Crippen molar-refractivity contribution in [3.05, 3.63) is 53.6 Å². The summed E-state index contributed by atoms with van der Waals surface area (Å²) in [6.07, 6.45) is 1.55. The van der Waals surface area contributed by atoms with Gasteiger partial charge in [0.15, 0.2) is 11.5 Å². The Morgan fingerprint density at radius 2 is 1.95 bits per heavy atom. The molecule has 0 aliphatic rings. The van der Waals surface area contributed by atoms with E-state index in [4.69, 9.17) is 10.00 Å². The first-order valence-corrected chi connectivity index (χ1v) is 5.65. The number of aliphatic imine (C=N–C) groups is 1. The van der Waals surface area contributed by atoms with Crippen LogP contribution in [-0.2, 0) is 0 Å². The molecule has 0 fully saturated rings. The zero-order chi connectivity index (χ0) is 13.7. The van der Waals surface area contributed by atoms with Crippen molar-refractivity contribution in [3.63, 3.8) is 0 Å². The Morgan fingerprint density at radius 1 is 1.21 bits per heavy atom. The van der Waals surface area contributed by atoms with Crippen LogP contribution >= 0.6 is 0 Å². The molecular formula is C15H12N2O2. The van der Waals surface area contributed by atoms with Gasteiger partial charge in [-0.15, -0.1) is 0 Å². The van der Waals surface area contributed by atoms with E-state index in [2.05, 4.69) is 4.99 Å². The van der Waals surface area contributed by atoms with Crippen molar-refractivity contribution in [3.8, 4) is 17.6 Å². The third kappa shape index (κ3) is 2.90. The number of ether oxygens (including phenoxy) is 1. The SMILES string of the molecule is COc1cccc(C=Nc2ccc(C#N)cc2)c1O. The Balaban J connectivity index is 2.25. The summed E-state index contributed by atoms with van der Waals surface area (Å²) in [5.74, 6) is 0.464. The van der Waals surface area contributed by atoms with Crippen LogP contribution < -0.4 is 4.74 Å². The lowest BCUT2D eigenvalue weighted by Gasteiger charge is -2.04. The van der Waals surface area contributed by atoms with Crippen LogP contribution in [0.1, 0.15) is 11.1 Å². The van der Waals surface area contributed by atoms with Gasteiger partial charge in [0.1, 0.15) is 0 Å². The van der Waals surface area contributed by atoms with Crippen molar-refractivity contribution in [2.75, 3.05) is 7.11 Å². The molecular weight excluding hydrogens is 240 g/mol. The maximum Gasteiger partial charge on any atom is 0.166 e. The molecule has 2 aromatic rings. The first kappa shape index (κ1) is 12.7. The molecule has 0 aromatic heterocycles. The minimum Gasteiger partial charge on any atom is -0.504 e. The minimum absolute atomic E-state index is 0.0578. The number of para-hydroxylation sites is 1. The van der Waals surface area contributed by atoms with Crippen LogP contribution in [0.5, 0.6) is 11.5 Å². The highest BCUT2D eigenvalue weighted by atomic mass is 16.5. The summed E-state index contributed by atoms with van der Waals surface area (Å²) in [6, 6.07) is 14.1. The molecule has 94 valence electrons. The molecule has 4 nitrogen and oxygen atoms in total. The average molecular weight is 252 g/mol. The third-order valence-corrected chi connectivity index (χ3v) is 2.60. The zero-order valence-electron chi connectivity index (χ0n) is 10.4. The molecule has 4 heteroatoms. The van der Waals surface area contributed by atoms with Crippen LogP contribution in [-0.4, -0.2) is 18.4 Å². The first-order valence-electron chi connectivity index (χ1n) is 5.65. The lowest BCUT2D eigenvalue weighted by Crippen LogP contribution is -1.88. The Hall–Kier alpha value is -2.80. The second-order valence-corrected chi connectivity index (χ2v) is 3.81. The Kier molecular flexibility index (Phi) is 3.79. The maximum atomic E-state index is 9.89. The maximum absolute atomic E-state index is 9.89. The monoisotopic (exact) mass is 252 g/mol. The van der Waals surface area contributed by atoms with Crippen molar-refractivity contribution in [1.29, 1.82) is 5.26 Å². The van der Waals surface area contributed by atoms with Gasteiger partial charge in [-0.1, -0.05) is 6.07 Å². The summed E-state index contributed by atoms with van der Waals surface area (Å²) in [7, 11) is 1.50. The molecule has 0 saturated heterocycles. The fourth-order valence-corrected chi connectivity index (χ4v) is 1.57. The number of hydrogen-bond donors (Lipinski definition) is 1. The van der Waals surface area contributed by atoms with E-state index in [9.17, 15) is 5.11 Å². The first-order chi connectivity index (χ1) is 9.24. The van der Waals surface area contributed by atoms with Crippen LogP contribution in [0.25, 0.3) is 0 Å². The van der Waals surface area contributed by atoms with E-state index in [0.717, 1.165) is 0 Å². The Labute approximate surface area is 111 Å². The summed E-state index contributed by atoms with van der Waals surface area (Å²) in [5.41, 5.74) is 1.87. The lowest BCUT2D eigenvalue weighted by atomic mass is 10.2. The number of nitriles is 1. The predicted molar refractivity (Wildman–Crippen MR) is 73.1 cm³/mol. The summed E-state index contributed by atoms with van der Waals surface area (Å²) in [5, 5.41) is 18.6. The normalized spacial score (nSPS) is 10.3. The summed E-state index contributed by atoms with van der Waals surface area (Å²) < 4.78 is 5.02. The van der Waals surface area contributed by atoms with Gasteiger partial charge in [0.25, 0.3) is 0 Å². The highest BCUT2D eigenvalue weighted by molar-refractivity contribution is 5.86. The molecule has 2 rings (SSSR count). The van der Waals surface area contributed by atoms with E-state index in [1.54, 1.807) is 48.7 Å². The van der Waals surface area contributed by atoms with Gasteiger partial charge in [-0.05, 0) is 36.4 Å². The van der Waals surface area contributed by atoms with E-state index in [-0.39, 0.29) is 5.75 Å². The second kappa shape index (κ2) is 5.69. The number of phenols is 1. The minimum atomic E-state index is 0.0578. The number of nitrogens with zero attached hydrogens (tertiary/aromatic N) is 2. The fourth-order valence-electron chi connectivity index (χ4n) is 1.57. The number of aromatic hydroxyl groups is 1. The molecule has 0 bridgehead atoms. The van der Waals surface area contributed by atoms with Gasteiger partial charge >= 0.3 is 0 Å². The Morgan fingerprint density at radius 3 is 2.58 bits per heavy atom. The van der Waals surface area contributed by atoms with Crippen molar-refractivity contribution in [2.24, 2.45) is 4.99 Å². The van der Waals surface area contributed by atoms with Crippen molar-refractivity contribution >= 4 is 11.9 Å². The molecule has 2 aromatic carbocycles. The molecule has 0 unspecified atom stereocenters. The molecule has 1 N–H and O–H groups in total. The summed E-state index contributed by atoms with van der Waals surface area (Å²) in [4.78, 5) is 4.24. The van der Waals surface area contributed by atoms with E-state index in [1.165, 1.54) is 7.11 Å². The van der Waals surface area contributed by atoms with Gasteiger partial charge in [-0.2, -0.15) is 5.26 Å². The smallest absolute Gasteiger partial charge is 0.166 e. The fraction of sp³-hybridized carbons (Fsp3) is 0.0667. The molecule has 0 radical (unpaired) electrons. The van der Waals surface area contributed by atoms with Gasteiger partial charge in [0.05, 0.1) is 24.4 Å². The molecule has 0 aliphatic heterocycles. The molecule has 0 amide bonds. The standard InChI is InChI=1S/C15H12N2O2/c1-19-14-4-2-3-12(15(14)18)10-17-13-7-5-11(9-16)6-8-13/h2-8,10,18H,1H3. The highest BCUT2D eigenvalue weighted by Gasteiger charge is 2.04. The summed E-state index contributed by atoms with van der Waals surface area (Å²) >= 11 is 0. The van der Waals surface area contributed by atoms with Crippen LogP contribution in [0, 0.1) is 11.3 Å².